The summed E-state index contributed by atoms with van der Waals surface area (Å²) >= 11 is 0. The minimum Gasteiger partial charge on any atom is -0.356 e. The Balaban J connectivity index is 3.85. The van der Waals surface area contributed by atoms with Gasteiger partial charge in [0.25, 0.3) is 0 Å². The van der Waals surface area contributed by atoms with E-state index >= 15 is 0 Å². The fourth-order valence-corrected chi connectivity index (χ4v) is 1.56. The summed E-state index contributed by atoms with van der Waals surface area (Å²) in [6, 6.07) is 0. The van der Waals surface area contributed by atoms with Crippen molar-refractivity contribution < 1.29 is 0 Å². The van der Waals surface area contributed by atoms with Crippen molar-refractivity contribution in [3.63, 3.8) is 0 Å². The van der Waals surface area contributed by atoms with Gasteiger partial charge in [-0.2, -0.15) is 0 Å². The summed E-state index contributed by atoms with van der Waals surface area (Å²) in [5, 5.41) is 6.76. The van der Waals surface area contributed by atoms with Gasteiger partial charge in [0.15, 0.2) is 5.96 Å². The van der Waals surface area contributed by atoms with E-state index < -0.39 is 0 Å². The molecule has 114 valence electrons. The van der Waals surface area contributed by atoms with E-state index in [1.54, 1.807) is 0 Å². The third-order valence-corrected chi connectivity index (χ3v) is 3.62. The van der Waals surface area contributed by atoms with Gasteiger partial charge in [-0.05, 0) is 40.3 Å². The van der Waals surface area contributed by atoms with E-state index in [1.807, 2.05) is 7.05 Å². The molecule has 0 saturated heterocycles. The molecule has 0 aromatic rings. The fraction of sp³-hybridized carbons (Fsp3) is 0.933. The van der Waals surface area contributed by atoms with Crippen LogP contribution in [0, 0.1) is 5.92 Å². The smallest absolute Gasteiger partial charge is 0.191 e. The van der Waals surface area contributed by atoms with Crippen LogP contribution in [-0.4, -0.2) is 50.6 Å². The molecule has 4 heteroatoms. The van der Waals surface area contributed by atoms with Crippen LogP contribution in [0.2, 0.25) is 0 Å². The van der Waals surface area contributed by atoms with E-state index in [-0.39, 0.29) is 5.54 Å². The molecular weight excluding hydrogens is 236 g/mol. The summed E-state index contributed by atoms with van der Waals surface area (Å²) in [6.45, 7) is 10.9. The second kappa shape index (κ2) is 9.18. The second-order valence-electron chi connectivity index (χ2n) is 6.45. The summed E-state index contributed by atoms with van der Waals surface area (Å²) in [6.07, 6.45) is 3.79. The highest BCUT2D eigenvalue weighted by molar-refractivity contribution is 5.79. The van der Waals surface area contributed by atoms with Crippen LogP contribution < -0.4 is 10.6 Å². The number of unbranched alkanes of at least 4 members (excludes halogenated alkanes) is 1. The van der Waals surface area contributed by atoms with E-state index in [0.29, 0.717) is 0 Å². The van der Waals surface area contributed by atoms with Gasteiger partial charge in [-0.3, -0.25) is 4.99 Å². The van der Waals surface area contributed by atoms with Gasteiger partial charge in [0.05, 0.1) is 0 Å². The standard InChI is InChI=1S/C15H34N4/c1-13(2)10-8-9-11-17-14(16-5)18-12-15(3,4)19(6)7/h13H,8-12H2,1-7H3,(H2,16,17,18). The molecule has 19 heavy (non-hydrogen) atoms. The van der Waals surface area contributed by atoms with Crippen LogP contribution in [-0.2, 0) is 0 Å². The number of guanidine groups is 1. The Morgan fingerprint density at radius 2 is 1.79 bits per heavy atom. The van der Waals surface area contributed by atoms with Crippen LogP contribution in [0.3, 0.4) is 0 Å². The van der Waals surface area contributed by atoms with Crippen LogP contribution >= 0.6 is 0 Å². The number of nitrogens with zero attached hydrogens (tertiary/aromatic N) is 2. The van der Waals surface area contributed by atoms with Crippen molar-refractivity contribution in [2.45, 2.75) is 52.5 Å². The topological polar surface area (TPSA) is 39.7 Å². The molecule has 0 radical (unpaired) electrons. The van der Waals surface area contributed by atoms with Gasteiger partial charge < -0.3 is 15.5 Å². The first kappa shape index (κ1) is 18.2. The van der Waals surface area contributed by atoms with Crippen molar-refractivity contribution >= 4 is 5.96 Å². The van der Waals surface area contributed by atoms with E-state index in [1.165, 1.54) is 19.3 Å². The Morgan fingerprint density at radius 1 is 1.16 bits per heavy atom. The highest BCUT2D eigenvalue weighted by Gasteiger charge is 2.20. The molecule has 0 atom stereocenters. The monoisotopic (exact) mass is 270 g/mol. The van der Waals surface area contributed by atoms with E-state index in [9.17, 15) is 0 Å². The molecule has 0 aliphatic carbocycles. The summed E-state index contributed by atoms with van der Waals surface area (Å²) in [5.41, 5.74) is 0.120. The number of rotatable bonds is 8. The molecule has 0 heterocycles. The third kappa shape index (κ3) is 8.87. The SMILES string of the molecule is CN=C(NCCCCC(C)C)NCC(C)(C)N(C)C. The molecule has 0 fully saturated rings. The molecular formula is C15H34N4. The Kier molecular flexibility index (Phi) is 8.81. The van der Waals surface area contributed by atoms with Crippen LogP contribution in [0.25, 0.3) is 0 Å². The molecule has 2 N–H and O–H groups in total. The number of likely N-dealkylation sites (N-methyl/N-ethyl adjacent to an activating group) is 1. The zero-order chi connectivity index (χ0) is 14.9. The Hall–Kier alpha value is -0.770. The lowest BCUT2D eigenvalue weighted by atomic mass is 10.0. The van der Waals surface area contributed by atoms with Crippen molar-refractivity contribution in [2.24, 2.45) is 10.9 Å². The highest BCUT2D eigenvalue weighted by Crippen LogP contribution is 2.07. The zero-order valence-electron chi connectivity index (χ0n) is 14.0. The predicted octanol–water partition coefficient (Wildman–Crippen LogP) is 2.32. The molecule has 0 amide bonds. The summed E-state index contributed by atoms with van der Waals surface area (Å²) in [5.74, 6) is 1.71. The van der Waals surface area contributed by atoms with Crippen molar-refractivity contribution in [3.05, 3.63) is 0 Å². The molecule has 0 aromatic heterocycles. The first-order chi connectivity index (χ1) is 8.79. The minimum atomic E-state index is 0.120. The minimum absolute atomic E-state index is 0.120. The van der Waals surface area contributed by atoms with Gasteiger partial charge in [-0.25, -0.2) is 0 Å². The quantitative estimate of drug-likeness (QED) is 0.404. The zero-order valence-corrected chi connectivity index (χ0v) is 14.0. The lowest BCUT2D eigenvalue weighted by molar-refractivity contribution is 0.197. The van der Waals surface area contributed by atoms with Gasteiger partial charge in [0.1, 0.15) is 0 Å². The maximum atomic E-state index is 4.26. The van der Waals surface area contributed by atoms with E-state index in [2.05, 4.69) is 62.3 Å². The molecule has 0 bridgehead atoms. The second-order valence-corrected chi connectivity index (χ2v) is 6.45. The van der Waals surface area contributed by atoms with Gasteiger partial charge >= 0.3 is 0 Å². The Bertz CT molecular complexity index is 257. The molecule has 0 spiro atoms. The molecule has 4 nitrogen and oxygen atoms in total. The van der Waals surface area contributed by atoms with Gasteiger partial charge in [-0.15, -0.1) is 0 Å². The van der Waals surface area contributed by atoms with Crippen LogP contribution in [0.5, 0.6) is 0 Å². The molecule has 0 rings (SSSR count). The van der Waals surface area contributed by atoms with Crippen LogP contribution in [0.1, 0.15) is 47.0 Å². The molecule has 0 aromatic carbocycles. The molecule has 0 saturated carbocycles. The fourth-order valence-electron chi connectivity index (χ4n) is 1.56. The predicted molar refractivity (Wildman–Crippen MR) is 85.8 cm³/mol. The molecule has 0 unspecified atom stereocenters. The average Bonchev–Trinajstić information content (AvgIpc) is 2.32. The number of nitrogens with one attached hydrogen (secondary N) is 2. The largest absolute Gasteiger partial charge is 0.356 e. The normalized spacial score (nSPS) is 13.2. The summed E-state index contributed by atoms with van der Waals surface area (Å²) < 4.78 is 0. The van der Waals surface area contributed by atoms with Gasteiger partial charge in [0.2, 0.25) is 0 Å². The number of aliphatic imine (C=N–C) groups is 1. The molecule has 0 aliphatic rings. The van der Waals surface area contributed by atoms with Crippen molar-refractivity contribution in [1.82, 2.24) is 15.5 Å². The van der Waals surface area contributed by atoms with E-state index in [4.69, 9.17) is 0 Å². The van der Waals surface area contributed by atoms with E-state index in [0.717, 1.165) is 25.0 Å². The number of hydrogen-bond acceptors (Lipinski definition) is 2. The van der Waals surface area contributed by atoms with Gasteiger partial charge in [-0.1, -0.05) is 26.7 Å². The van der Waals surface area contributed by atoms with Crippen molar-refractivity contribution in [2.75, 3.05) is 34.2 Å². The summed E-state index contributed by atoms with van der Waals surface area (Å²) in [4.78, 5) is 6.48. The molecule has 0 aliphatic heterocycles. The first-order valence-electron chi connectivity index (χ1n) is 7.41. The Labute approximate surface area is 120 Å². The Morgan fingerprint density at radius 3 is 2.26 bits per heavy atom. The maximum Gasteiger partial charge on any atom is 0.191 e. The lowest BCUT2D eigenvalue weighted by Crippen LogP contribution is -2.50. The van der Waals surface area contributed by atoms with Crippen LogP contribution in [0.15, 0.2) is 4.99 Å². The average molecular weight is 270 g/mol. The highest BCUT2D eigenvalue weighted by atomic mass is 15.2. The first-order valence-corrected chi connectivity index (χ1v) is 7.41. The number of hydrogen-bond donors (Lipinski definition) is 2. The van der Waals surface area contributed by atoms with Gasteiger partial charge in [0, 0.05) is 25.7 Å². The third-order valence-electron chi connectivity index (χ3n) is 3.62. The van der Waals surface area contributed by atoms with Crippen LogP contribution in [0.4, 0.5) is 0 Å². The van der Waals surface area contributed by atoms with Crippen molar-refractivity contribution in [1.29, 1.82) is 0 Å². The lowest BCUT2D eigenvalue weighted by Gasteiger charge is -2.33. The van der Waals surface area contributed by atoms with Crippen molar-refractivity contribution in [3.8, 4) is 0 Å². The maximum absolute atomic E-state index is 4.26. The summed E-state index contributed by atoms with van der Waals surface area (Å²) in [7, 11) is 6.03.